The van der Waals surface area contributed by atoms with Crippen LogP contribution in [0.3, 0.4) is 0 Å². The largest absolute Gasteiger partial charge is 0.572 e. The lowest BCUT2D eigenvalue weighted by Crippen LogP contribution is -2.41. The molecule has 0 atom stereocenters. The molecule has 0 heterocycles. The Hall–Kier alpha value is 0.895. The van der Waals surface area contributed by atoms with E-state index in [0.717, 1.165) is 0 Å². The van der Waals surface area contributed by atoms with Crippen molar-refractivity contribution in [3.05, 3.63) is 0 Å². The molecule has 0 aliphatic heterocycles. The van der Waals surface area contributed by atoms with E-state index in [2.05, 4.69) is 9.62 Å². The zero-order chi connectivity index (χ0) is 8.85. The van der Waals surface area contributed by atoms with E-state index in [9.17, 15) is 9.59 Å². The summed E-state index contributed by atoms with van der Waals surface area (Å²) in [4.78, 5) is 22.0. The maximum absolute atomic E-state index is 11.1. The van der Waals surface area contributed by atoms with Crippen LogP contribution < -0.4 is 9.62 Å². The van der Waals surface area contributed by atoms with Crippen LogP contribution in [-0.4, -0.2) is 50.4 Å². The molecule has 0 saturated carbocycles. The van der Waals surface area contributed by atoms with Crippen LogP contribution in [0.1, 0.15) is 0 Å². The van der Waals surface area contributed by atoms with Crippen molar-refractivity contribution in [3.8, 4) is 0 Å². The molecular formula is C4H9Al2IN2O2. The maximum Gasteiger partial charge on any atom is 0.572 e. The second kappa shape index (κ2) is 6.42. The third-order valence-electron chi connectivity index (χ3n) is 1.11. The Morgan fingerprint density at radius 3 is 2.55 bits per heavy atom. The molecule has 11 heavy (non-hydrogen) atoms. The van der Waals surface area contributed by atoms with Gasteiger partial charge in [0, 0.05) is 6.54 Å². The fourth-order valence-electron chi connectivity index (χ4n) is 0.537. The van der Waals surface area contributed by atoms with Crippen molar-refractivity contribution in [2.75, 3.05) is 13.6 Å². The zero-order valence-electron chi connectivity index (χ0n) is 6.48. The van der Waals surface area contributed by atoms with E-state index in [1.807, 2.05) is 20.3 Å². The third kappa shape index (κ3) is 4.46. The minimum absolute atomic E-state index is 0.0440. The summed E-state index contributed by atoms with van der Waals surface area (Å²) in [6, 6.07) is 0. The summed E-state index contributed by atoms with van der Waals surface area (Å²) in [6.07, 6.45) is 0. The van der Waals surface area contributed by atoms with Crippen LogP contribution in [0.5, 0.6) is 0 Å². The minimum atomic E-state index is -1.85. The molecular weight excluding hydrogens is 289 g/mol. The van der Waals surface area contributed by atoms with Gasteiger partial charge >= 0.3 is 27.4 Å². The molecule has 0 radical (unpaired) electrons. The van der Waals surface area contributed by atoms with Gasteiger partial charge in [-0.3, -0.25) is 4.79 Å². The Morgan fingerprint density at radius 2 is 2.18 bits per heavy atom. The van der Waals surface area contributed by atoms with E-state index in [1.165, 1.54) is 0 Å². The molecule has 0 aromatic carbocycles. The summed E-state index contributed by atoms with van der Waals surface area (Å²) < 4.78 is 2.62. The number of carbonyl (C=O) groups excluding carboxylic acids is 2. The molecule has 60 valence electrons. The molecule has 0 fully saturated rings. The number of halogens is 1. The van der Waals surface area contributed by atoms with E-state index >= 15 is 0 Å². The van der Waals surface area contributed by atoms with Crippen molar-refractivity contribution in [1.82, 2.24) is 9.62 Å². The van der Waals surface area contributed by atoms with Crippen LogP contribution in [0.4, 0.5) is 4.79 Å². The van der Waals surface area contributed by atoms with E-state index < -0.39 is 10.9 Å². The number of rotatable bonds is 4. The Balaban J connectivity index is 3.91. The molecule has 0 unspecified atom stereocenters. The minimum Gasteiger partial charge on any atom is -0.467 e. The molecule has 0 rings (SSSR count). The molecule has 2 N–H and O–H groups in total. The second-order valence-corrected chi connectivity index (χ2v) is 8.10. The van der Waals surface area contributed by atoms with Crippen molar-refractivity contribution in [2.24, 2.45) is 0 Å². The molecule has 0 aliphatic carbocycles. The predicted molar refractivity (Wildman–Crippen MR) is 55.8 cm³/mol. The third-order valence-corrected chi connectivity index (χ3v) is 7.48. The van der Waals surface area contributed by atoms with Crippen molar-refractivity contribution in [3.63, 3.8) is 0 Å². The van der Waals surface area contributed by atoms with Crippen LogP contribution >= 0.6 is 20.3 Å². The van der Waals surface area contributed by atoms with Gasteiger partial charge in [-0.15, -0.1) is 0 Å². The second-order valence-electron chi connectivity index (χ2n) is 1.97. The number of likely N-dealkylation sites (N-methyl/N-ethyl adjacent to an activating group) is 1. The molecule has 0 aliphatic rings. The Labute approximate surface area is 89.2 Å². The normalized spacial score (nSPS) is 8.91. The number of amides is 1. The first-order valence-electron chi connectivity index (χ1n) is 3.16. The molecule has 0 aromatic rings. The lowest BCUT2D eigenvalue weighted by Gasteiger charge is -2.01. The Bertz CT molecular complexity index is 166. The highest BCUT2D eigenvalue weighted by Crippen LogP contribution is 1.96. The monoisotopic (exact) mass is 298 g/mol. The van der Waals surface area contributed by atoms with Crippen LogP contribution in [0.25, 0.3) is 0 Å². The van der Waals surface area contributed by atoms with Crippen molar-refractivity contribution in [2.45, 2.75) is 0 Å². The van der Waals surface area contributed by atoms with Crippen molar-refractivity contribution < 1.29 is 9.59 Å². The van der Waals surface area contributed by atoms with Gasteiger partial charge in [0.25, 0.3) is 0 Å². The number of hydrogen-bond donors (Lipinski definition) is 2. The average Bonchev–Trinajstić information content (AvgIpc) is 2.02. The smallest absolute Gasteiger partial charge is 0.467 e. The van der Waals surface area contributed by atoms with Gasteiger partial charge in [-0.05, 0) is 7.05 Å². The summed E-state index contributed by atoms with van der Waals surface area (Å²) in [5.74, 6) is 0. The summed E-state index contributed by atoms with van der Waals surface area (Å²) in [6.45, 7) is 0.314. The first-order valence-corrected chi connectivity index (χ1v) is 9.49. The van der Waals surface area contributed by atoms with E-state index in [-0.39, 0.29) is 9.41 Å². The standard InChI is InChI=1S/C3H6NO.CHNO.2Al.HI.2H/c1-4-2-3-5;2-1-3;;;;;/h4H,2H2,1H3;(H-,2,3);;;1H;;/q;-1;2*+1;;;/p-1. The molecule has 4 nitrogen and oxygen atoms in total. The van der Waals surface area contributed by atoms with E-state index in [0.29, 0.717) is 23.1 Å². The lowest BCUT2D eigenvalue weighted by atomic mass is 10.7. The predicted octanol–water partition coefficient (Wildman–Crippen LogP) is -1.42. The lowest BCUT2D eigenvalue weighted by molar-refractivity contribution is -0.111. The summed E-state index contributed by atoms with van der Waals surface area (Å²) in [5.41, 5.74) is 0. The van der Waals surface area contributed by atoms with Gasteiger partial charge in [0.15, 0.2) is 0 Å². The number of carbonyl (C=O) groups is 2. The topological polar surface area (TPSA) is 58.2 Å². The fraction of sp³-hybridized carbons (Fsp3) is 0.500. The summed E-state index contributed by atoms with van der Waals surface area (Å²) >= 11 is 2.60. The van der Waals surface area contributed by atoms with Gasteiger partial charge in [-0.2, -0.15) is 20.3 Å². The van der Waals surface area contributed by atoms with Gasteiger partial charge in [-0.25, -0.2) is 0 Å². The number of nitrogens with one attached hydrogen (secondary N) is 2. The van der Waals surface area contributed by atoms with Gasteiger partial charge in [0.1, 0.15) is 4.77 Å². The fourth-order valence-corrected chi connectivity index (χ4v) is 5.69. The first kappa shape index (κ1) is 11.9. The van der Waals surface area contributed by atoms with E-state index in [4.69, 9.17) is 0 Å². The number of hydrogen-bond acceptors (Lipinski definition) is 3. The van der Waals surface area contributed by atoms with Gasteiger partial charge in [-0.1, -0.05) is 0 Å². The van der Waals surface area contributed by atoms with Gasteiger partial charge < -0.3 is 14.4 Å². The van der Waals surface area contributed by atoms with Crippen LogP contribution in [0.2, 0.25) is 0 Å². The highest BCUT2D eigenvalue weighted by Gasteiger charge is 2.31. The Morgan fingerprint density at radius 1 is 1.64 bits per heavy atom. The van der Waals surface area contributed by atoms with Crippen LogP contribution in [0.15, 0.2) is 0 Å². The van der Waals surface area contributed by atoms with Crippen molar-refractivity contribution >= 4 is 57.1 Å². The molecule has 0 bridgehead atoms. The summed E-state index contributed by atoms with van der Waals surface area (Å²) in [5, 5.41) is 2.74. The molecule has 7 heteroatoms. The highest BCUT2D eigenvalue weighted by molar-refractivity contribution is 14.1. The molecule has 0 saturated heterocycles. The van der Waals surface area contributed by atoms with Crippen LogP contribution in [0, 0.1) is 0 Å². The highest BCUT2D eigenvalue weighted by atomic mass is 127. The van der Waals surface area contributed by atoms with Gasteiger partial charge in [0.05, 0.1) is 4.65 Å². The quantitative estimate of drug-likeness (QED) is 0.495. The Kier molecular flexibility index (Phi) is 6.94. The average molecular weight is 298 g/mol. The molecule has 0 spiro atoms. The SMILES string of the molecule is CNC[C](=O)[Al]([I])[C](=O)[NH][AlH2]. The van der Waals surface area contributed by atoms with E-state index in [1.54, 1.807) is 7.05 Å². The van der Waals surface area contributed by atoms with Crippen molar-refractivity contribution in [1.29, 1.82) is 0 Å². The van der Waals surface area contributed by atoms with Gasteiger partial charge in [0.2, 0.25) is 0 Å². The first-order chi connectivity index (χ1) is 5.13. The summed E-state index contributed by atoms with van der Waals surface area (Å²) in [7, 11) is -0.152. The maximum atomic E-state index is 11.1. The molecule has 1 amide bonds. The zero-order valence-corrected chi connectivity index (χ0v) is 11.8. The molecule has 0 aromatic heterocycles. The van der Waals surface area contributed by atoms with Crippen LogP contribution in [-0.2, 0) is 4.79 Å².